The lowest BCUT2D eigenvalue weighted by Gasteiger charge is -2.32. The summed E-state index contributed by atoms with van der Waals surface area (Å²) in [6.07, 6.45) is -2.32. The van der Waals surface area contributed by atoms with Crippen molar-refractivity contribution in [1.82, 2.24) is 0 Å². The van der Waals surface area contributed by atoms with Crippen molar-refractivity contribution < 1.29 is 13.2 Å². The SMILES string of the molecule is FC(F)(F)c1cccc(N2Cc3ccccc3C=C2c2ccccc2)c1. The number of anilines is 1. The van der Waals surface area contributed by atoms with Crippen molar-refractivity contribution in [1.29, 1.82) is 0 Å². The van der Waals surface area contributed by atoms with Gasteiger partial charge in [0.15, 0.2) is 0 Å². The molecule has 0 atom stereocenters. The first-order chi connectivity index (χ1) is 12.5. The van der Waals surface area contributed by atoms with Crippen LogP contribution in [0.1, 0.15) is 22.3 Å². The zero-order valence-corrected chi connectivity index (χ0v) is 13.9. The Hall–Kier alpha value is -3.01. The second-order valence-electron chi connectivity index (χ2n) is 6.23. The Labute approximate surface area is 150 Å². The third-order valence-corrected chi connectivity index (χ3v) is 4.52. The lowest BCUT2D eigenvalue weighted by molar-refractivity contribution is -0.137. The van der Waals surface area contributed by atoms with Crippen LogP contribution in [0.5, 0.6) is 0 Å². The van der Waals surface area contributed by atoms with Gasteiger partial charge in [0.05, 0.1) is 5.56 Å². The number of nitrogens with zero attached hydrogens (tertiary/aromatic N) is 1. The molecule has 0 N–H and O–H groups in total. The monoisotopic (exact) mass is 351 g/mol. The van der Waals surface area contributed by atoms with Crippen LogP contribution in [0.3, 0.4) is 0 Å². The number of halogens is 3. The molecule has 3 aromatic rings. The molecular formula is C22H16F3N. The van der Waals surface area contributed by atoms with Gasteiger partial charge in [0, 0.05) is 17.9 Å². The number of benzene rings is 3. The minimum absolute atomic E-state index is 0.526. The van der Waals surface area contributed by atoms with E-state index in [1.807, 2.05) is 65.6 Å². The maximum absolute atomic E-state index is 13.2. The van der Waals surface area contributed by atoms with Crippen molar-refractivity contribution >= 4 is 17.5 Å². The van der Waals surface area contributed by atoms with Gasteiger partial charge in [-0.05, 0) is 41.0 Å². The molecule has 0 aromatic heterocycles. The first-order valence-corrected chi connectivity index (χ1v) is 8.32. The smallest absolute Gasteiger partial charge is 0.336 e. The van der Waals surface area contributed by atoms with E-state index in [0.29, 0.717) is 12.2 Å². The van der Waals surface area contributed by atoms with Gasteiger partial charge >= 0.3 is 6.18 Å². The molecule has 4 heteroatoms. The normalized spacial score (nSPS) is 14.0. The van der Waals surface area contributed by atoms with Crippen LogP contribution in [0.25, 0.3) is 11.8 Å². The van der Waals surface area contributed by atoms with Crippen molar-refractivity contribution in [2.24, 2.45) is 0 Å². The van der Waals surface area contributed by atoms with E-state index in [-0.39, 0.29) is 0 Å². The maximum Gasteiger partial charge on any atom is 0.416 e. The summed E-state index contributed by atoms with van der Waals surface area (Å²) in [7, 11) is 0. The quantitative estimate of drug-likeness (QED) is 0.529. The lowest BCUT2D eigenvalue weighted by atomic mass is 9.97. The van der Waals surface area contributed by atoms with Gasteiger partial charge in [0.25, 0.3) is 0 Å². The average molecular weight is 351 g/mol. The number of rotatable bonds is 2. The first kappa shape index (κ1) is 16.5. The molecule has 0 unspecified atom stereocenters. The minimum Gasteiger partial charge on any atom is -0.336 e. The highest BCUT2D eigenvalue weighted by Gasteiger charge is 2.31. The van der Waals surface area contributed by atoms with E-state index in [1.54, 1.807) is 6.07 Å². The summed E-state index contributed by atoms with van der Waals surface area (Å²) in [5.74, 6) is 0. The predicted molar refractivity (Wildman–Crippen MR) is 98.4 cm³/mol. The van der Waals surface area contributed by atoms with Crippen LogP contribution in [0.4, 0.5) is 18.9 Å². The second kappa shape index (κ2) is 6.37. The molecule has 4 rings (SSSR count). The van der Waals surface area contributed by atoms with E-state index >= 15 is 0 Å². The zero-order valence-electron chi connectivity index (χ0n) is 13.9. The predicted octanol–water partition coefficient (Wildman–Crippen LogP) is 6.22. The van der Waals surface area contributed by atoms with Crippen LogP contribution in [-0.4, -0.2) is 0 Å². The molecule has 1 heterocycles. The van der Waals surface area contributed by atoms with Gasteiger partial charge in [-0.25, -0.2) is 0 Å². The minimum atomic E-state index is -4.36. The third kappa shape index (κ3) is 3.10. The summed E-state index contributed by atoms with van der Waals surface area (Å²) in [6, 6.07) is 23.2. The molecule has 1 nitrogen and oxygen atoms in total. The van der Waals surface area contributed by atoms with Gasteiger partial charge in [-0.15, -0.1) is 0 Å². The maximum atomic E-state index is 13.2. The van der Waals surface area contributed by atoms with Crippen molar-refractivity contribution in [3.63, 3.8) is 0 Å². The Morgan fingerprint density at radius 1 is 0.769 bits per heavy atom. The fourth-order valence-corrected chi connectivity index (χ4v) is 3.23. The van der Waals surface area contributed by atoms with E-state index < -0.39 is 11.7 Å². The van der Waals surface area contributed by atoms with Crippen molar-refractivity contribution in [3.8, 4) is 0 Å². The molecule has 130 valence electrons. The number of fused-ring (bicyclic) bond motifs is 1. The molecule has 0 amide bonds. The summed E-state index contributed by atoms with van der Waals surface area (Å²) in [5, 5.41) is 0. The van der Waals surface area contributed by atoms with Gasteiger partial charge in [-0.1, -0.05) is 60.7 Å². The average Bonchev–Trinajstić information content (AvgIpc) is 2.67. The van der Waals surface area contributed by atoms with Gasteiger partial charge in [-0.2, -0.15) is 13.2 Å². The standard InChI is InChI=1S/C22H16F3N/c23-22(24,25)19-11-6-12-20(14-19)26-15-18-10-5-4-9-17(18)13-21(26)16-7-2-1-3-8-16/h1-14H,15H2. The first-order valence-electron chi connectivity index (χ1n) is 8.32. The van der Waals surface area contributed by atoms with Crippen molar-refractivity contribution in [2.45, 2.75) is 12.7 Å². The molecular weight excluding hydrogens is 335 g/mol. The highest BCUT2D eigenvalue weighted by atomic mass is 19.4. The van der Waals surface area contributed by atoms with E-state index in [1.165, 1.54) is 12.1 Å². The molecule has 0 saturated carbocycles. The van der Waals surface area contributed by atoms with Crippen LogP contribution >= 0.6 is 0 Å². The molecule has 1 aliphatic heterocycles. The topological polar surface area (TPSA) is 3.24 Å². The van der Waals surface area contributed by atoms with Crippen LogP contribution in [0, 0.1) is 0 Å². The molecule has 3 aromatic carbocycles. The Morgan fingerprint density at radius 2 is 1.50 bits per heavy atom. The lowest BCUT2D eigenvalue weighted by Crippen LogP contribution is -2.24. The second-order valence-corrected chi connectivity index (χ2v) is 6.23. The van der Waals surface area contributed by atoms with Crippen LogP contribution in [0.15, 0.2) is 78.9 Å². The van der Waals surface area contributed by atoms with Gasteiger partial charge in [-0.3, -0.25) is 0 Å². The Balaban J connectivity index is 1.85. The zero-order chi connectivity index (χ0) is 18.1. The molecule has 0 fully saturated rings. The fourth-order valence-electron chi connectivity index (χ4n) is 3.23. The van der Waals surface area contributed by atoms with Crippen LogP contribution < -0.4 is 4.90 Å². The van der Waals surface area contributed by atoms with E-state index in [9.17, 15) is 13.2 Å². The van der Waals surface area contributed by atoms with E-state index in [2.05, 4.69) is 0 Å². The Kier molecular flexibility index (Phi) is 4.03. The summed E-state index contributed by atoms with van der Waals surface area (Å²) in [5.41, 5.74) is 3.94. The van der Waals surface area contributed by atoms with Gasteiger partial charge in [0.1, 0.15) is 0 Å². The molecule has 0 saturated heterocycles. The van der Waals surface area contributed by atoms with Crippen molar-refractivity contribution in [2.75, 3.05) is 4.90 Å². The summed E-state index contributed by atoms with van der Waals surface area (Å²) in [6.45, 7) is 0.526. The molecule has 0 aliphatic carbocycles. The van der Waals surface area contributed by atoms with Gasteiger partial charge < -0.3 is 4.90 Å². The highest BCUT2D eigenvalue weighted by Crippen LogP contribution is 2.37. The third-order valence-electron chi connectivity index (χ3n) is 4.52. The molecule has 1 aliphatic rings. The van der Waals surface area contributed by atoms with Crippen LogP contribution in [-0.2, 0) is 12.7 Å². The summed E-state index contributed by atoms with van der Waals surface area (Å²) >= 11 is 0. The van der Waals surface area contributed by atoms with Crippen molar-refractivity contribution in [3.05, 3.63) is 101 Å². The van der Waals surface area contributed by atoms with Crippen LogP contribution in [0.2, 0.25) is 0 Å². The fraction of sp³-hybridized carbons (Fsp3) is 0.0909. The Bertz CT molecular complexity index is 958. The largest absolute Gasteiger partial charge is 0.416 e. The number of hydrogen-bond acceptors (Lipinski definition) is 1. The molecule has 0 radical (unpaired) electrons. The molecule has 0 spiro atoms. The number of alkyl halides is 3. The molecule has 0 bridgehead atoms. The Morgan fingerprint density at radius 3 is 2.27 bits per heavy atom. The van der Waals surface area contributed by atoms with E-state index in [0.717, 1.165) is 28.5 Å². The highest BCUT2D eigenvalue weighted by molar-refractivity contribution is 5.92. The number of hydrogen-bond donors (Lipinski definition) is 0. The summed E-state index contributed by atoms with van der Waals surface area (Å²) < 4.78 is 39.5. The van der Waals surface area contributed by atoms with E-state index in [4.69, 9.17) is 0 Å². The molecule has 26 heavy (non-hydrogen) atoms. The summed E-state index contributed by atoms with van der Waals surface area (Å²) in [4.78, 5) is 1.94. The van der Waals surface area contributed by atoms with Gasteiger partial charge in [0.2, 0.25) is 0 Å².